The maximum atomic E-state index is 13.0. The van der Waals surface area contributed by atoms with Crippen LogP contribution in [0.1, 0.15) is 63.5 Å². The van der Waals surface area contributed by atoms with Crippen molar-refractivity contribution >= 4 is 0 Å². The second-order valence-corrected chi connectivity index (χ2v) is 5.95. The Morgan fingerprint density at radius 3 is 2.39 bits per heavy atom. The summed E-state index contributed by atoms with van der Waals surface area (Å²) in [5.74, 6) is 0. The molecule has 0 aliphatic heterocycles. The van der Waals surface area contributed by atoms with Gasteiger partial charge in [0.05, 0.1) is 0 Å². The number of halogens is 3. The molecule has 0 unspecified atom stereocenters. The third-order valence-electron chi connectivity index (χ3n) is 3.64. The topological polar surface area (TPSA) is 17.8 Å². The van der Waals surface area contributed by atoms with E-state index < -0.39 is 11.9 Å². The van der Waals surface area contributed by atoms with Crippen LogP contribution < -0.4 is 0 Å². The van der Waals surface area contributed by atoms with Crippen molar-refractivity contribution in [2.24, 2.45) is 0 Å². The van der Waals surface area contributed by atoms with Crippen LogP contribution in [0.3, 0.4) is 0 Å². The molecule has 1 heterocycles. The summed E-state index contributed by atoms with van der Waals surface area (Å²) in [5.41, 5.74) is 0.274. The van der Waals surface area contributed by atoms with Gasteiger partial charge in [0.15, 0.2) is 5.69 Å². The fourth-order valence-electron chi connectivity index (χ4n) is 2.85. The van der Waals surface area contributed by atoms with Crippen LogP contribution in [0.15, 0.2) is 0 Å². The van der Waals surface area contributed by atoms with Crippen LogP contribution in [0.5, 0.6) is 0 Å². The Morgan fingerprint density at radius 1 is 1.28 bits per heavy atom. The predicted octanol–water partition coefficient (Wildman–Crippen LogP) is 4.10. The van der Waals surface area contributed by atoms with E-state index in [2.05, 4.69) is 5.10 Å². The first kappa shape index (κ1) is 13.4. The molecule has 2 rings (SSSR count). The fourth-order valence-corrected chi connectivity index (χ4v) is 2.85. The lowest BCUT2D eigenvalue weighted by atomic mass is 9.76. The average Bonchev–Trinajstić information content (AvgIpc) is 2.57. The zero-order valence-corrected chi connectivity index (χ0v) is 11.2. The molecule has 1 aromatic rings. The van der Waals surface area contributed by atoms with Gasteiger partial charge in [0.25, 0.3) is 0 Å². The molecule has 5 heteroatoms. The van der Waals surface area contributed by atoms with Gasteiger partial charge in [-0.1, -0.05) is 13.8 Å². The minimum atomic E-state index is -4.35. The molecule has 0 saturated heterocycles. The lowest BCUT2D eigenvalue weighted by Crippen LogP contribution is -2.28. The Kier molecular flexibility index (Phi) is 2.98. The van der Waals surface area contributed by atoms with Gasteiger partial charge in [0.1, 0.15) is 0 Å². The number of hydrogen-bond acceptors (Lipinski definition) is 1. The van der Waals surface area contributed by atoms with Gasteiger partial charge in [-0.3, -0.25) is 4.68 Å². The molecule has 0 bridgehead atoms. The Bertz CT molecular complexity index is 456. The van der Waals surface area contributed by atoms with Crippen LogP contribution in [-0.4, -0.2) is 9.78 Å². The molecule has 102 valence electrons. The van der Waals surface area contributed by atoms with Crippen molar-refractivity contribution in [3.63, 3.8) is 0 Å². The van der Waals surface area contributed by atoms with Crippen LogP contribution in [-0.2, 0) is 18.0 Å². The van der Waals surface area contributed by atoms with Gasteiger partial charge >= 0.3 is 6.18 Å². The maximum absolute atomic E-state index is 13.0. The monoisotopic (exact) mass is 260 g/mol. The van der Waals surface area contributed by atoms with Gasteiger partial charge in [-0.25, -0.2) is 0 Å². The lowest BCUT2D eigenvalue weighted by molar-refractivity contribution is -0.142. The van der Waals surface area contributed by atoms with Gasteiger partial charge in [0.2, 0.25) is 0 Å². The number of fused-ring (bicyclic) bond motifs is 1. The van der Waals surface area contributed by atoms with Crippen molar-refractivity contribution in [1.82, 2.24) is 9.78 Å². The number of nitrogens with zero attached hydrogens (tertiary/aromatic N) is 2. The Labute approximate surface area is 105 Å². The quantitative estimate of drug-likeness (QED) is 0.743. The third-order valence-corrected chi connectivity index (χ3v) is 3.64. The molecule has 0 N–H and O–H groups in total. The average molecular weight is 260 g/mol. The van der Waals surface area contributed by atoms with Gasteiger partial charge in [0, 0.05) is 22.7 Å². The normalized spacial score (nSPS) is 19.1. The Morgan fingerprint density at radius 2 is 1.89 bits per heavy atom. The maximum Gasteiger partial charge on any atom is 0.435 e. The molecule has 0 amide bonds. The molecule has 1 aliphatic carbocycles. The Hall–Kier alpha value is -1.00. The minimum Gasteiger partial charge on any atom is -0.266 e. The summed E-state index contributed by atoms with van der Waals surface area (Å²) >= 11 is 0. The van der Waals surface area contributed by atoms with E-state index in [-0.39, 0.29) is 11.5 Å². The highest BCUT2D eigenvalue weighted by Gasteiger charge is 2.43. The first-order valence-electron chi connectivity index (χ1n) is 6.33. The second kappa shape index (κ2) is 4.00. The number of rotatable bonds is 1. The van der Waals surface area contributed by atoms with Crippen LogP contribution in [0.25, 0.3) is 0 Å². The van der Waals surface area contributed by atoms with Gasteiger partial charge < -0.3 is 0 Å². The molecular formula is C13H19F3N2. The summed E-state index contributed by atoms with van der Waals surface area (Å²) < 4.78 is 40.7. The lowest BCUT2D eigenvalue weighted by Gasteiger charge is -2.32. The highest BCUT2D eigenvalue weighted by molar-refractivity contribution is 5.36. The summed E-state index contributed by atoms with van der Waals surface area (Å²) in [6, 6.07) is -0.0489. The van der Waals surface area contributed by atoms with Crippen LogP contribution >= 0.6 is 0 Å². The van der Waals surface area contributed by atoms with E-state index in [1.807, 2.05) is 27.7 Å². The third kappa shape index (κ3) is 2.04. The highest BCUT2D eigenvalue weighted by atomic mass is 19.4. The smallest absolute Gasteiger partial charge is 0.266 e. The molecule has 0 saturated carbocycles. The first-order chi connectivity index (χ1) is 8.14. The highest BCUT2D eigenvalue weighted by Crippen LogP contribution is 2.43. The number of hydrogen-bond donors (Lipinski definition) is 0. The van der Waals surface area contributed by atoms with E-state index in [4.69, 9.17) is 0 Å². The molecule has 18 heavy (non-hydrogen) atoms. The zero-order chi connectivity index (χ0) is 13.7. The largest absolute Gasteiger partial charge is 0.435 e. The van der Waals surface area contributed by atoms with Crippen molar-refractivity contribution in [3.05, 3.63) is 17.0 Å². The van der Waals surface area contributed by atoms with E-state index in [0.717, 1.165) is 18.5 Å². The van der Waals surface area contributed by atoms with E-state index in [0.29, 0.717) is 12.0 Å². The van der Waals surface area contributed by atoms with Crippen LogP contribution in [0.4, 0.5) is 13.2 Å². The van der Waals surface area contributed by atoms with E-state index in [1.54, 1.807) is 4.68 Å². The van der Waals surface area contributed by atoms with Crippen LogP contribution in [0, 0.1) is 0 Å². The van der Waals surface area contributed by atoms with Gasteiger partial charge in [-0.15, -0.1) is 0 Å². The minimum absolute atomic E-state index is 0.0489. The van der Waals surface area contributed by atoms with Gasteiger partial charge in [-0.05, 0) is 33.1 Å². The van der Waals surface area contributed by atoms with Crippen molar-refractivity contribution in [1.29, 1.82) is 0 Å². The summed E-state index contributed by atoms with van der Waals surface area (Å²) in [6.45, 7) is 7.76. The number of aromatic nitrogens is 2. The fraction of sp³-hybridized carbons (Fsp3) is 0.769. The molecule has 0 atom stereocenters. The molecule has 1 aliphatic rings. The predicted molar refractivity (Wildman–Crippen MR) is 63.6 cm³/mol. The second-order valence-electron chi connectivity index (χ2n) is 5.95. The first-order valence-corrected chi connectivity index (χ1v) is 6.33. The zero-order valence-electron chi connectivity index (χ0n) is 11.2. The summed E-state index contributed by atoms with van der Waals surface area (Å²) in [4.78, 5) is 0. The molecule has 2 nitrogen and oxygen atoms in total. The summed E-state index contributed by atoms with van der Waals surface area (Å²) in [5, 5.41) is 3.85. The van der Waals surface area contributed by atoms with E-state index in [1.165, 1.54) is 0 Å². The summed E-state index contributed by atoms with van der Waals surface area (Å²) in [7, 11) is 0. The van der Waals surface area contributed by atoms with Gasteiger partial charge in [-0.2, -0.15) is 18.3 Å². The van der Waals surface area contributed by atoms with E-state index >= 15 is 0 Å². The molecule has 0 spiro atoms. The molecule has 1 aromatic heterocycles. The van der Waals surface area contributed by atoms with Crippen molar-refractivity contribution in [3.8, 4) is 0 Å². The number of alkyl halides is 3. The van der Waals surface area contributed by atoms with Crippen LogP contribution in [0.2, 0.25) is 0 Å². The SMILES string of the molecule is CC(C)n1nc(C(F)(F)F)c2c1C(C)(C)CCC2. The van der Waals surface area contributed by atoms with Crippen molar-refractivity contribution in [2.75, 3.05) is 0 Å². The molecular weight excluding hydrogens is 241 g/mol. The molecule has 0 aromatic carbocycles. The Balaban J connectivity index is 2.69. The molecule has 0 fully saturated rings. The standard InChI is InChI=1S/C13H19F3N2/c1-8(2)18-11-9(6-5-7-12(11,3)4)10(17-18)13(14,15)16/h8H,5-7H2,1-4H3. The van der Waals surface area contributed by atoms with E-state index in [9.17, 15) is 13.2 Å². The summed E-state index contributed by atoms with van der Waals surface area (Å²) in [6.07, 6.45) is -2.15. The van der Waals surface area contributed by atoms with Crippen molar-refractivity contribution < 1.29 is 13.2 Å². The van der Waals surface area contributed by atoms with Crippen molar-refractivity contribution in [2.45, 2.75) is 64.6 Å². The molecule has 0 radical (unpaired) electrons.